The van der Waals surface area contributed by atoms with Crippen molar-refractivity contribution in [1.82, 2.24) is 5.48 Å². The second-order valence-corrected chi connectivity index (χ2v) is 3.95. The van der Waals surface area contributed by atoms with Crippen LogP contribution in [0.2, 0.25) is 0 Å². The van der Waals surface area contributed by atoms with Crippen LogP contribution in [-0.4, -0.2) is 12.5 Å². The first-order chi connectivity index (χ1) is 7.58. The first kappa shape index (κ1) is 12.5. The van der Waals surface area contributed by atoms with Crippen molar-refractivity contribution in [3.05, 3.63) is 29.7 Å². The largest absolute Gasteiger partial charge is 0.462 e. The van der Waals surface area contributed by atoms with Crippen molar-refractivity contribution in [3.8, 4) is 0 Å². The minimum Gasteiger partial charge on any atom is -0.462 e. The summed E-state index contributed by atoms with van der Waals surface area (Å²) in [7, 11) is 0. The number of rotatable bonds is 5. The van der Waals surface area contributed by atoms with Gasteiger partial charge in [0.15, 0.2) is 0 Å². The van der Waals surface area contributed by atoms with Crippen molar-refractivity contribution in [1.29, 1.82) is 0 Å². The van der Waals surface area contributed by atoms with E-state index < -0.39 is 0 Å². The van der Waals surface area contributed by atoms with Crippen molar-refractivity contribution in [2.45, 2.75) is 20.8 Å². The third kappa shape index (κ3) is 4.79. The Morgan fingerprint density at radius 2 is 2.31 bits per heavy atom. The summed E-state index contributed by atoms with van der Waals surface area (Å²) < 4.78 is 5.27. The van der Waals surface area contributed by atoms with Crippen molar-refractivity contribution < 1.29 is 14.0 Å². The lowest BCUT2D eigenvalue weighted by Gasteiger charge is -2.05. The van der Waals surface area contributed by atoms with Gasteiger partial charge in [0.05, 0.1) is 6.61 Å². The Kier molecular flexibility index (Phi) is 4.79. The molecule has 1 N–H and O–H groups in total. The van der Waals surface area contributed by atoms with Gasteiger partial charge in [-0.15, -0.1) is 0 Å². The number of hydrogen-bond acceptors (Lipinski definition) is 3. The van der Waals surface area contributed by atoms with Gasteiger partial charge in [-0.25, -0.2) is 5.48 Å². The van der Waals surface area contributed by atoms with Crippen molar-refractivity contribution in [2.75, 3.05) is 6.61 Å². The lowest BCUT2D eigenvalue weighted by atomic mass is 10.2. The zero-order chi connectivity index (χ0) is 12.0. The number of furan rings is 1. The molecule has 1 heterocycles. The van der Waals surface area contributed by atoms with Gasteiger partial charge in [0.1, 0.15) is 11.5 Å². The maximum absolute atomic E-state index is 11.2. The third-order valence-corrected chi connectivity index (χ3v) is 1.75. The van der Waals surface area contributed by atoms with Gasteiger partial charge in [-0.3, -0.25) is 9.63 Å². The van der Waals surface area contributed by atoms with Gasteiger partial charge < -0.3 is 4.42 Å². The van der Waals surface area contributed by atoms with E-state index in [1.807, 2.05) is 26.8 Å². The molecule has 1 rings (SSSR count). The number of hydroxylamine groups is 1. The molecular weight excluding hydrogens is 206 g/mol. The summed E-state index contributed by atoms with van der Waals surface area (Å²) in [6.45, 7) is 6.36. The second kappa shape index (κ2) is 6.12. The van der Waals surface area contributed by atoms with E-state index in [-0.39, 0.29) is 5.91 Å². The highest BCUT2D eigenvalue weighted by molar-refractivity contribution is 5.90. The molecule has 0 radical (unpaired) electrons. The number of carbonyl (C=O) groups is 1. The van der Waals surface area contributed by atoms with E-state index in [1.54, 1.807) is 12.1 Å². The van der Waals surface area contributed by atoms with Crippen LogP contribution in [0, 0.1) is 12.8 Å². The molecule has 0 fully saturated rings. The van der Waals surface area contributed by atoms with Crippen LogP contribution in [-0.2, 0) is 9.63 Å². The van der Waals surface area contributed by atoms with E-state index in [0.717, 1.165) is 5.76 Å². The second-order valence-electron chi connectivity index (χ2n) is 3.95. The molecule has 0 unspecified atom stereocenters. The third-order valence-electron chi connectivity index (χ3n) is 1.75. The Labute approximate surface area is 95.2 Å². The van der Waals surface area contributed by atoms with Crippen LogP contribution in [0.15, 0.2) is 22.6 Å². The molecule has 88 valence electrons. The van der Waals surface area contributed by atoms with E-state index >= 15 is 0 Å². The summed E-state index contributed by atoms with van der Waals surface area (Å²) in [6.07, 6.45) is 2.97. The zero-order valence-corrected chi connectivity index (χ0v) is 9.82. The molecule has 0 aliphatic carbocycles. The smallest absolute Gasteiger partial charge is 0.267 e. The maximum Gasteiger partial charge on any atom is 0.267 e. The van der Waals surface area contributed by atoms with E-state index in [9.17, 15) is 4.79 Å². The monoisotopic (exact) mass is 223 g/mol. The van der Waals surface area contributed by atoms with Crippen LogP contribution in [0.5, 0.6) is 0 Å². The summed E-state index contributed by atoms with van der Waals surface area (Å²) in [5.74, 6) is 1.55. The van der Waals surface area contributed by atoms with Gasteiger partial charge >= 0.3 is 0 Å². The summed E-state index contributed by atoms with van der Waals surface area (Å²) in [5, 5.41) is 0. The lowest BCUT2D eigenvalue weighted by molar-refractivity contribution is -0.129. The predicted octanol–water partition coefficient (Wildman–Crippen LogP) is 2.31. The fourth-order valence-corrected chi connectivity index (χ4v) is 1.01. The Hall–Kier alpha value is -1.55. The summed E-state index contributed by atoms with van der Waals surface area (Å²) in [5.41, 5.74) is 2.32. The van der Waals surface area contributed by atoms with E-state index in [4.69, 9.17) is 9.25 Å². The maximum atomic E-state index is 11.2. The SMILES string of the molecule is Cc1ccc(/C=C/C(=O)NOCC(C)C)o1. The highest BCUT2D eigenvalue weighted by Gasteiger charge is 1.98. The number of aryl methyl sites for hydroxylation is 1. The summed E-state index contributed by atoms with van der Waals surface area (Å²) in [6, 6.07) is 3.64. The van der Waals surface area contributed by atoms with Gasteiger partial charge in [-0.05, 0) is 31.1 Å². The van der Waals surface area contributed by atoms with Gasteiger partial charge in [-0.2, -0.15) is 0 Å². The first-order valence-corrected chi connectivity index (χ1v) is 5.24. The van der Waals surface area contributed by atoms with Crippen molar-refractivity contribution in [3.63, 3.8) is 0 Å². The van der Waals surface area contributed by atoms with Crippen LogP contribution >= 0.6 is 0 Å². The molecule has 4 nitrogen and oxygen atoms in total. The minimum absolute atomic E-state index is 0.297. The Bertz CT molecular complexity index is 366. The average molecular weight is 223 g/mol. The van der Waals surface area contributed by atoms with E-state index in [0.29, 0.717) is 18.3 Å². The quantitative estimate of drug-likeness (QED) is 0.615. The lowest BCUT2D eigenvalue weighted by Crippen LogP contribution is -2.23. The molecule has 0 aromatic carbocycles. The highest BCUT2D eigenvalue weighted by Crippen LogP contribution is 2.07. The Morgan fingerprint density at radius 1 is 1.56 bits per heavy atom. The highest BCUT2D eigenvalue weighted by atomic mass is 16.6. The zero-order valence-electron chi connectivity index (χ0n) is 9.82. The number of nitrogens with one attached hydrogen (secondary N) is 1. The molecule has 0 aliphatic heterocycles. The molecule has 0 saturated heterocycles. The molecule has 1 aromatic rings. The molecule has 16 heavy (non-hydrogen) atoms. The van der Waals surface area contributed by atoms with Crippen LogP contribution in [0.4, 0.5) is 0 Å². The van der Waals surface area contributed by atoms with Gasteiger partial charge in [-0.1, -0.05) is 13.8 Å². The first-order valence-electron chi connectivity index (χ1n) is 5.24. The van der Waals surface area contributed by atoms with Crippen LogP contribution < -0.4 is 5.48 Å². The van der Waals surface area contributed by atoms with E-state index in [1.165, 1.54) is 6.08 Å². The standard InChI is InChI=1S/C12H17NO3/c1-9(2)8-15-13-12(14)7-6-11-5-4-10(3)16-11/h4-7,9H,8H2,1-3H3,(H,13,14)/b7-6+. The Balaban J connectivity index is 2.31. The minimum atomic E-state index is -0.297. The van der Waals surface area contributed by atoms with Crippen LogP contribution in [0.25, 0.3) is 6.08 Å². The summed E-state index contributed by atoms with van der Waals surface area (Å²) in [4.78, 5) is 16.2. The van der Waals surface area contributed by atoms with Gasteiger partial charge in [0.2, 0.25) is 0 Å². The molecule has 1 amide bonds. The number of hydrogen-bond donors (Lipinski definition) is 1. The molecule has 0 saturated carbocycles. The van der Waals surface area contributed by atoms with Crippen molar-refractivity contribution >= 4 is 12.0 Å². The Morgan fingerprint density at radius 3 is 2.88 bits per heavy atom. The molecule has 0 spiro atoms. The van der Waals surface area contributed by atoms with E-state index in [2.05, 4.69) is 5.48 Å². The van der Waals surface area contributed by atoms with Crippen LogP contribution in [0.1, 0.15) is 25.4 Å². The number of carbonyl (C=O) groups excluding carboxylic acids is 1. The van der Waals surface area contributed by atoms with Crippen molar-refractivity contribution in [2.24, 2.45) is 5.92 Å². The predicted molar refractivity (Wildman–Crippen MR) is 61.4 cm³/mol. The molecule has 0 aliphatic rings. The fourth-order valence-electron chi connectivity index (χ4n) is 1.01. The molecule has 0 atom stereocenters. The number of amides is 1. The molecule has 0 bridgehead atoms. The van der Waals surface area contributed by atoms with Gasteiger partial charge in [0, 0.05) is 6.08 Å². The molecule has 1 aromatic heterocycles. The molecular formula is C12H17NO3. The average Bonchev–Trinajstić information content (AvgIpc) is 2.61. The fraction of sp³-hybridized carbons (Fsp3) is 0.417. The van der Waals surface area contributed by atoms with Gasteiger partial charge in [0.25, 0.3) is 5.91 Å². The normalized spacial score (nSPS) is 11.2. The summed E-state index contributed by atoms with van der Waals surface area (Å²) >= 11 is 0. The van der Waals surface area contributed by atoms with Crippen LogP contribution in [0.3, 0.4) is 0 Å². The topological polar surface area (TPSA) is 51.5 Å². The molecule has 4 heteroatoms.